The maximum atomic E-state index is 5.20. The standard InChI is InChI=1S/C40H25N3S/c1-2-11-26(12-3-1)34-25-35(42-40(41-34)33-17-10-16-32-31-15-6-9-20-38(31)44-39(32)33)27-21-23-28(24-22-27)43-36-18-7-4-13-29(36)30-14-5-8-19-37(30)43/h1-25H. The van der Waals surface area contributed by atoms with Gasteiger partial charge in [-0.15, -0.1) is 11.3 Å². The summed E-state index contributed by atoms with van der Waals surface area (Å²) < 4.78 is 4.83. The highest BCUT2D eigenvalue weighted by Gasteiger charge is 2.16. The van der Waals surface area contributed by atoms with E-state index < -0.39 is 0 Å². The Hall–Kier alpha value is -5.58. The van der Waals surface area contributed by atoms with E-state index in [1.807, 2.05) is 6.07 Å². The summed E-state index contributed by atoms with van der Waals surface area (Å²) in [5, 5.41) is 5.04. The highest BCUT2D eigenvalue weighted by molar-refractivity contribution is 7.26. The maximum absolute atomic E-state index is 5.20. The van der Waals surface area contributed by atoms with Gasteiger partial charge in [-0.25, -0.2) is 9.97 Å². The number of fused-ring (bicyclic) bond motifs is 6. The normalized spacial score (nSPS) is 11.6. The van der Waals surface area contributed by atoms with Gasteiger partial charge in [-0.1, -0.05) is 109 Å². The summed E-state index contributed by atoms with van der Waals surface area (Å²) in [6, 6.07) is 53.5. The Balaban J connectivity index is 1.22. The Kier molecular flexibility index (Phi) is 5.68. The van der Waals surface area contributed by atoms with E-state index in [9.17, 15) is 0 Å². The molecule has 0 saturated carbocycles. The molecule has 206 valence electrons. The summed E-state index contributed by atoms with van der Waals surface area (Å²) in [4.78, 5) is 10.3. The number of para-hydroxylation sites is 2. The topological polar surface area (TPSA) is 30.7 Å². The fourth-order valence-electron chi connectivity index (χ4n) is 6.38. The molecule has 0 amide bonds. The quantitative estimate of drug-likeness (QED) is 0.208. The predicted octanol–water partition coefficient (Wildman–Crippen LogP) is 10.9. The van der Waals surface area contributed by atoms with E-state index in [4.69, 9.17) is 9.97 Å². The molecular formula is C40H25N3S. The summed E-state index contributed by atoms with van der Waals surface area (Å²) in [6.45, 7) is 0. The van der Waals surface area contributed by atoms with Gasteiger partial charge in [0.2, 0.25) is 0 Å². The molecule has 9 rings (SSSR count). The van der Waals surface area contributed by atoms with E-state index in [2.05, 4.69) is 150 Å². The summed E-state index contributed by atoms with van der Waals surface area (Å²) in [7, 11) is 0. The van der Waals surface area contributed by atoms with Crippen molar-refractivity contribution in [3.05, 3.63) is 152 Å². The zero-order valence-corrected chi connectivity index (χ0v) is 24.5. The maximum Gasteiger partial charge on any atom is 0.161 e. The fourth-order valence-corrected chi connectivity index (χ4v) is 7.59. The molecule has 9 aromatic rings. The van der Waals surface area contributed by atoms with Crippen molar-refractivity contribution in [3.8, 4) is 39.6 Å². The molecule has 3 heterocycles. The molecule has 3 aromatic heterocycles. The van der Waals surface area contributed by atoms with Gasteiger partial charge >= 0.3 is 0 Å². The number of thiophene rings is 1. The molecule has 0 unspecified atom stereocenters. The minimum absolute atomic E-state index is 0.741. The summed E-state index contributed by atoms with van der Waals surface area (Å²) >= 11 is 1.81. The highest BCUT2D eigenvalue weighted by atomic mass is 32.1. The van der Waals surface area contributed by atoms with Crippen LogP contribution in [0.25, 0.3) is 81.6 Å². The molecule has 44 heavy (non-hydrogen) atoms. The first-order chi connectivity index (χ1) is 21.8. The van der Waals surface area contributed by atoms with Crippen LogP contribution in [0.2, 0.25) is 0 Å². The van der Waals surface area contributed by atoms with E-state index in [1.54, 1.807) is 11.3 Å². The Morgan fingerprint density at radius 1 is 0.455 bits per heavy atom. The van der Waals surface area contributed by atoms with E-state index in [0.29, 0.717) is 0 Å². The van der Waals surface area contributed by atoms with Crippen molar-refractivity contribution in [3.63, 3.8) is 0 Å². The lowest BCUT2D eigenvalue weighted by atomic mass is 10.1. The smallest absolute Gasteiger partial charge is 0.161 e. The lowest BCUT2D eigenvalue weighted by Gasteiger charge is -2.12. The number of hydrogen-bond acceptors (Lipinski definition) is 3. The van der Waals surface area contributed by atoms with Crippen molar-refractivity contribution in [2.24, 2.45) is 0 Å². The van der Waals surface area contributed by atoms with Gasteiger partial charge in [0.25, 0.3) is 0 Å². The van der Waals surface area contributed by atoms with Crippen LogP contribution in [0, 0.1) is 0 Å². The average Bonchev–Trinajstić information content (AvgIpc) is 3.65. The molecule has 0 N–H and O–H groups in total. The summed E-state index contributed by atoms with van der Waals surface area (Å²) in [5.41, 5.74) is 8.53. The van der Waals surface area contributed by atoms with Crippen LogP contribution in [-0.2, 0) is 0 Å². The third-order valence-electron chi connectivity index (χ3n) is 8.44. The van der Waals surface area contributed by atoms with Crippen molar-refractivity contribution >= 4 is 53.3 Å². The molecule has 0 aliphatic rings. The van der Waals surface area contributed by atoms with Crippen LogP contribution >= 0.6 is 11.3 Å². The van der Waals surface area contributed by atoms with Gasteiger partial charge in [-0.3, -0.25) is 0 Å². The van der Waals surface area contributed by atoms with Gasteiger partial charge in [-0.05, 0) is 42.5 Å². The molecule has 0 aliphatic carbocycles. The number of rotatable bonds is 4. The molecular weight excluding hydrogens is 555 g/mol. The highest BCUT2D eigenvalue weighted by Crippen LogP contribution is 2.40. The van der Waals surface area contributed by atoms with E-state index in [-0.39, 0.29) is 0 Å². The van der Waals surface area contributed by atoms with Crippen LogP contribution in [0.3, 0.4) is 0 Å². The Morgan fingerprint density at radius 2 is 1.02 bits per heavy atom. The monoisotopic (exact) mass is 579 g/mol. The van der Waals surface area contributed by atoms with Gasteiger partial charge in [0, 0.05) is 53.3 Å². The molecule has 0 bridgehead atoms. The van der Waals surface area contributed by atoms with Gasteiger partial charge < -0.3 is 4.57 Å². The van der Waals surface area contributed by atoms with Crippen molar-refractivity contribution in [2.75, 3.05) is 0 Å². The van der Waals surface area contributed by atoms with Crippen LogP contribution in [0.15, 0.2) is 152 Å². The molecule has 0 atom stereocenters. The van der Waals surface area contributed by atoms with Gasteiger partial charge in [0.1, 0.15) is 0 Å². The first-order valence-electron chi connectivity index (χ1n) is 14.8. The minimum Gasteiger partial charge on any atom is -0.309 e. The lowest BCUT2D eigenvalue weighted by Crippen LogP contribution is -1.97. The third kappa shape index (κ3) is 3.96. The van der Waals surface area contributed by atoms with Crippen LogP contribution in [0.5, 0.6) is 0 Å². The van der Waals surface area contributed by atoms with E-state index in [1.165, 1.54) is 42.0 Å². The third-order valence-corrected chi connectivity index (χ3v) is 9.66. The second-order valence-electron chi connectivity index (χ2n) is 11.0. The van der Waals surface area contributed by atoms with Gasteiger partial charge in [0.15, 0.2) is 5.82 Å². The van der Waals surface area contributed by atoms with Crippen molar-refractivity contribution in [1.82, 2.24) is 14.5 Å². The number of nitrogens with zero attached hydrogens (tertiary/aromatic N) is 3. The largest absolute Gasteiger partial charge is 0.309 e. The first-order valence-corrected chi connectivity index (χ1v) is 15.6. The van der Waals surface area contributed by atoms with Gasteiger partial charge in [0.05, 0.1) is 22.4 Å². The van der Waals surface area contributed by atoms with E-state index in [0.717, 1.165) is 39.6 Å². The van der Waals surface area contributed by atoms with Crippen LogP contribution in [-0.4, -0.2) is 14.5 Å². The Labute approximate surface area is 258 Å². The van der Waals surface area contributed by atoms with Crippen LogP contribution < -0.4 is 0 Å². The zero-order chi connectivity index (χ0) is 29.0. The predicted molar refractivity (Wildman–Crippen MR) is 186 cm³/mol. The Morgan fingerprint density at radius 3 is 1.73 bits per heavy atom. The number of aromatic nitrogens is 3. The SMILES string of the molecule is c1ccc(-c2cc(-c3ccc(-n4c5ccccc5c5ccccc54)cc3)nc(-c3cccc4c3sc3ccccc34)n2)cc1. The molecule has 0 spiro atoms. The Bertz CT molecular complexity index is 2430. The van der Waals surface area contributed by atoms with Crippen molar-refractivity contribution in [1.29, 1.82) is 0 Å². The molecule has 4 heteroatoms. The molecule has 6 aromatic carbocycles. The van der Waals surface area contributed by atoms with Crippen LogP contribution in [0.4, 0.5) is 0 Å². The molecule has 3 nitrogen and oxygen atoms in total. The number of hydrogen-bond donors (Lipinski definition) is 0. The van der Waals surface area contributed by atoms with Crippen molar-refractivity contribution < 1.29 is 0 Å². The second kappa shape index (κ2) is 10.0. The minimum atomic E-state index is 0.741. The number of benzene rings is 6. The van der Waals surface area contributed by atoms with E-state index >= 15 is 0 Å². The average molecular weight is 580 g/mol. The molecule has 0 radical (unpaired) electrons. The summed E-state index contributed by atoms with van der Waals surface area (Å²) in [6.07, 6.45) is 0. The molecule has 0 fully saturated rings. The zero-order valence-electron chi connectivity index (χ0n) is 23.7. The first kappa shape index (κ1) is 25.0. The van der Waals surface area contributed by atoms with Crippen LogP contribution in [0.1, 0.15) is 0 Å². The second-order valence-corrected chi connectivity index (χ2v) is 12.1. The summed E-state index contributed by atoms with van der Waals surface area (Å²) in [5.74, 6) is 0.741. The molecule has 0 saturated heterocycles. The fraction of sp³-hybridized carbons (Fsp3) is 0. The lowest BCUT2D eigenvalue weighted by molar-refractivity contribution is 1.17. The van der Waals surface area contributed by atoms with Gasteiger partial charge in [-0.2, -0.15) is 0 Å². The van der Waals surface area contributed by atoms with Crippen molar-refractivity contribution in [2.45, 2.75) is 0 Å². The molecule has 0 aliphatic heterocycles.